The number of ether oxygens (including phenoxy) is 1. The van der Waals surface area contributed by atoms with E-state index in [-0.39, 0.29) is 18.1 Å². The van der Waals surface area contributed by atoms with Gasteiger partial charge in [0.1, 0.15) is 11.5 Å². The number of carbonyl (C=O) groups excluding carboxylic acids is 1. The summed E-state index contributed by atoms with van der Waals surface area (Å²) in [4.78, 5) is 13.2. The van der Waals surface area contributed by atoms with Crippen LogP contribution in [-0.4, -0.2) is 23.3 Å². The Hall–Kier alpha value is -3.55. The van der Waals surface area contributed by atoms with Crippen molar-refractivity contribution in [3.05, 3.63) is 115 Å². The number of phenolic OH excluding ortho intramolecular Hbond substituents is 1. The van der Waals surface area contributed by atoms with Crippen LogP contribution >= 0.6 is 6.89 Å². The van der Waals surface area contributed by atoms with E-state index < -0.39 is 6.89 Å². The van der Waals surface area contributed by atoms with E-state index >= 15 is 0 Å². The Morgan fingerprint density at radius 2 is 1.10 bits per heavy atom. The fraction of sp³-hybridized carbons (Fsp3) is 0.0370. The lowest BCUT2D eigenvalue weighted by molar-refractivity contribution is -0.114. The van der Waals surface area contributed by atoms with Crippen molar-refractivity contribution in [3.63, 3.8) is 0 Å². The van der Waals surface area contributed by atoms with Gasteiger partial charge in [0, 0.05) is 0 Å². The summed E-state index contributed by atoms with van der Waals surface area (Å²) in [6, 6.07) is 37.0. The molecule has 0 amide bonds. The molecular weight excluding hydrogens is 403 g/mol. The average Bonchev–Trinajstić information content (AvgIpc) is 2.84. The first-order chi connectivity index (χ1) is 15.2. The Morgan fingerprint density at radius 3 is 1.52 bits per heavy atom. The van der Waals surface area contributed by atoms with E-state index in [0.717, 1.165) is 15.9 Å². The first-order valence-electron chi connectivity index (χ1n) is 10.0. The monoisotopic (exact) mass is 426 g/mol. The molecule has 3 nitrogen and oxygen atoms in total. The number of carbonyl (C=O) groups is 1. The zero-order chi connectivity index (χ0) is 21.5. The highest BCUT2D eigenvalue weighted by Crippen LogP contribution is 2.43. The minimum Gasteiger partial charge on any atom is -0.508 e. The highest BCUT2D eigenvalue weighted by molar-refractivity contribution is 7.95. The number of rotatable bonds is 7. The maximum Gasteiger partial charge on any atom is 0.194 e. The summed E-state index contributed by atoms with van der Waals surface area (Å²) in [6.45, 7) is -2.40. The Labute approximate surface area is 182 Å². The molecule has 4 aromatic carbocycles. The van der Waals surface area contributed by atoms with Crippen LogP contribution in [0, 0.1) is 0 Å². The minimum absolute atomic E-state index is 0.0704. The van der Waals surface area contributed by atoms with Gasteiger partial charge in [0.15, 0.2) is 12.4 Å². The molecule has 0 spiro atoms. The predicted molar refractivity (Wildman–Crippen MR) is 130 cm³/mol. The molecular formula is C27H23O3P. The van der Waals surface area contributed by atoms with Crippen molar-refractivity contribution in [3.8, 4) is 11.5 Å². The van der Waals surface area contributed by atoms with Crippen LogP contribution in [0.3, 0.4) is 0 Å². The zero-order valence-corrected chi connectivity index (χ0v) is 17.9. The Bertz CT molecular complexity index is 1080. The topological polar surface area (TPSA) is 46.5 Å². The number of phenols is 1. The van der Waals surface area contributed by atoms with Gasteiger partial charge in [-0.3, -0.25) is 4.79 Å². The summed E-state index contributed by atoms with van der Waals surface area (Å²) >= 11 is 0. The molecule has 0 bridgehead atoms. The van der Waals surface area contributed by atoms with Gasteiger partial charge in [-0.05, 0) is 52.9 Å². The Balaban J connectivity index is 1.83. The lowest BCUT2D eigenvalue weighted by Crippen LogP contribution is -2.29. The number of hydrogen-bond acceptors (Lipinski definition) is 3. The predicted octanol–water partition coefficient (Wildman–Crippen LogP) is 4.14. The summed E-state index contributed by atoms with van der Waals surface area (Å²) in [7, 11) is 0. The number of hydrogen-bond donors (Lipinski definition) is 1. The van der Waals surface area contributed by atoms with Gasteiger partial charge in [-0.25, -0.2) is 0 Å². The Kier molecular flexibility index (Phi) is 6.35. The van der Waals surface area contributed by atoms with Crippen LogP contribution in [0.25, 0.3) is 0 Å². The van der Waals surface area contributed by atoms with Crippen LogP contribution in [0.5, 0.6) is 11.5 Å². The second-order valence-electron chi connectivity index (χ2n) is 7.11. The van der Waals surface area contributed by atoms with E-state index in [2.05, 4.69) is 36.4 Å². The molecule has 0 fully saturated rings. The standard InChI is InChI=1S/C27H23O3P/c28-22-16-18-24(19-17-22)30-20-23(29)21-31(25-10-4-1-5-11-25,26-12-6-2-7-13-26)27-14-8-3-9-15-27/h1-19,21,28H,20H2. The van der Waals surface area contributed by atoms with E-state index in [1.54, 1.807) is 24.3 Å². The van der Waals surface area contributed by atoms with Gasteiger partial charge < -0.3 is 9.84 Å². The van der Waals surface area contributed by atoms with Crippen molar-refractivity contribution in [1.29, 1.82) is 0 Å². The number of aromatic hydroxyl groups is 1. The molecule has 0 heterocycles. The number of ketones is 1. The third-order valence-electron chi connectivity index (χ3n) is 5.05. The molecule has 0 aromatic heterocycles. The van der Waals surface area contributed by atoms with Crippen LogP contribution in [0.15, 0.2) is 115 Å². The average molecular weight is 426 g/mol. The normalized spacial score (nSPS) is 11.0. The molecule has 154 valence electrons. The molecule has 4 aromatic rings. The highest BCUT2D eigenvalue weighted by Gasteiger charge is 2.26. The van der Waals surface area contributed by atoms with Crippen LogP contribution in [0.1, 0.15) is 0 Å². The van der Waals surface area contributed by atoms with Crippen molar-refractivity contribution in [1.82, 2.24) is 0 Å². The maximum atomic E-state index is 13.2. The second-order valence-corrected chi connectivity index (χ2v) is 10.4. The van der Waals surface area contributed by atoms with Crippen LogP contribution in [0.2, 0.25) is 0 Å². The van der Waals surface area contributed by atoms with Crippen molar-refractivity contribution < 1.29 is 14.6 Å². The SMILES string of the molecule is O=C(C=P(c1ccccc1)(c1ccccc1)c1ccccc1)COc1ccc(O)cc1. The van der Waals surface area contributed by atoms with Crippen molar-refractivity contribution >= 4 is 34.4 Å². The first kappa shape index (κ1) is 20.7. The smallest absolute Gasteiger partial charge is 0.194 e. The van der Waals surface area contributed by atoms with Crippen molar-refractivity contribution in [2.45, 2.75) is 0 Å². The van der Waals surface area contributed by atoms with Gasteiger partial charge in [-0.2, -0.15) is 0 Å². The summed E-state index contributed by atoms with van der Waals surface area (Å²) < 4.78 is 5.70. The lowest BCUT2D eigenvalue weighted by Gasteiger charge is -2.28. The lowest BCUT2D eigenvalue weighted by atomic mass is 10.3. The van der Waals surface area contributed by atoms with E-state index in [1.165, 1.54) is 0 Å². The van der Waals surface area contributed by atoms with Gasteiger partial charge in [-0.1, -0.05) is 91.0 Å². The minimum atomic E-state index is -2.33. The van der Waals surface area contributed by atoms with Gasteiger partial charge >= 0.3 is 0 Å². The zero-order valence-electron chi connectivity index (χ0n) is 17.0. The van der Waals surface area contributed by atoms with Gasteiger partial charge in [0.05, 0.1) is 0 Å². The van der Waals surface area contributed by atoms with E-state index in [9.17, 15) is 9.90 Å². The molecule has 4 rings (SSSR count). The van der Waals surface area contributed by atoms with Crippen LogP contribution in [-0.2, 0) is 4.79 Å². The highest BCUT2D eigenvalue weighted by atomic mass is 31.2. The number of Topliss-reactive ketones (excluding diaryl/α,β-unsaturated/α-hetero) is 1. The summed E-state index contributed by atoms with van der Waals surface area (Å²) in [6.07, 6.45) is 0. The molecule has 0 saturated heterocycles. The molecule has 4 heteroatoms. The number of benzene rings is 4. The third kappa shape index (κ3) is 4.63. The van der Waals surface area contributed by atoms with Gasteiger partial charge in [-0.15, -0.1) is 0 Å². The van der Waals surface area contributed by atoms with E-state index in [4.69, 9.17) is 4.74 Å². The van der Waals surface area contributed by atoms with Gasteiger partial charge in [0.25, 0.3) is 0 Å². The van der Waals surface area contributed by atoms with Crippen LogP contribution < -0.4 is 20.7 Å². The second kappa shape index (κ2) is 9.51. The molecule has 0 saturated carbocycles. The van der Waals surface area contributed by atoms with E-state index in [1.807, 2.05) is 60.4 Å². The van der Waals surface area contributed by atoms with Crippen LogP contribution in [0.4, 0.5) is 0 Å². The third-order valence-corrected chi connectivity index (χ3v) is 9.06. The fourth-order valence-electron chi connectivity index (χ4n) is 3.61. The molecule has 0 atom stereocenters. The summed E-state index contributed by atoms with van der Waals surface area (Å²) in [5, 5.41) is 12.8. The molecule has 0 radical (unpaired) electrons. The molecule has 31 heavy (non-hydrogen) atoms. The van der Waals surface area contributed by atoms with Crippen molar-refractivity contribution in [2.24, 2.45) is 0 Å². The largest absolute Gasteiger partial charge is 0.508 e. The van der Waals surface area contributed by atoms with Gasteiger partial charge in [0.2, 0.25) is 0 Å². The molecule has 0 aliphatic heterocycles. The molecule has 0 unspecified atom stereocenters. The summed E-state index contributed by atoms with van der Waals surface area (Å²) in [5.41, 5.74) is 0. The van der Waals surface area contributed by atoms with Crippen molar-refractivity contribution in [2.75, 3.05) is 6.61 Å². The molecule has 0 aliphatic rings. The fourth-order valence-corrected chi connectivity index (χ4v) is 7.39. The molecule has 0 aliphatic carbocycles. The maximum absolute atomic E-state index is 13.2. The Morgan fingerprint density at radius 1 is 0.677 bits per heavy atom. The molecule has 1 N–H and O–H groups in total. The summed E-state index contributed by atoms with van der Waals surface area (Å²) in [5.74, 6) is 2.49. The van der Waals surface area contributed by atoms with E-state index in [0.29, 0.717) is 5.75 Å². The quantitative estimate of drug-likeness (QED) is 0.452. The first-order valence-corrected chi connectivity index (χ1v) is 11.9.